The summed E-state index contributed by atoms with van der Waals surface area (Å²) in [6.07, 6.45) is 0. The molecule has 0 aromatic carbocycles. The van der Waals surface area contributed by atoms with Gasteiger partial charge in [0.05, 0.1) is 46.9 Å². The molecule has 0 aliphatic rings. The predicted molar refractivity (Wildman–Crippen MR) is 48.9 cm³/mol. The minimum atomic E-state index is -5.68. The number of rotatable bonds is 6. The van der Waals surface area contributed by atoms with Crippen LogP contribution in [0.3, 0.4) is 0 Å². The van der Waals surface area contributed by atoms with Gasteiger partial charge in [-0.25, -0.2) is 0 Å². The van der Waals surface area contributed by atoms with Crippen LogP contribution in [0.2, 0.25) is 0 Å². The van der Waals surface area contributed by atoms with Crippen molar-refractivity contribution in [3.63, 3.8) is 0 Å². The normalized spacial score (nSPS) is 9.54. The van der Waals surface area contributed by atoms with Gasteiger partial charge in [-0.15, -0.1) is 0 Å². The van der Waals surface area contributed by atoms with Crippen molar-refractivity contribution in [1.29, 1.82) is 0 Å². The summed E-state index contributed by atoms with van der Waals surface area (Å²) in [5, 5.41) is 0. The van der Waals surface area contributed by atoms with Crippen LogP contribution in [0.15, 0.2) is 0 Å². The van der Waals surface area contributed by atoms with E-state index >= 15 is 0 Å². The van der Waals surface area contributed by atoms with E-state index in [0.717, 1.165) is 0 Å². The molecule has 0 aromatic heterocycles. The van der Waals surface area contributed by atoms with Gasteiger partial charge in [0.25, 0.3) is 0 Å². The molecule has 0 saturated heterocycles. The molecule has 0 aliphatic carbocycles. The zero-order chi connectivity index (χ0) is 23.1. The van der Waals surface area contributed by atoms with E-state index in [9.17, 15) is 86.1 Å². The fourth-order valence-corrected chi connectivity index (χ4v) is 3.31. The minimum Gasteiger partial charge on any atom is -0.790 e. The van der Waals surface area contributed by atoms with E-state index in [1.807, 2.05) is 0 Å². The average molecular weight is 798 g/mol. The van der Waals surface area contributed by atoms with E-state index in [0.29, 0.717) is 0 Å². The summed E-state index contributed by atoms with van der Waals surface area (Å²) in [5.74, 6) is 0. The first-order valence-electron chi connectivity index (χ1n) is 4.38. The van der Waals surface area contributed by atoms with Gasteiger partial charge in [-0.3, -0.25) is 0 Å². The average Bonchev–Trinajstić information content (AvgIpc) is 1.96. The van der Waals surface area contributed by atoms with Crippen LogP contribution in [-0.4, -0.2) is 0 Å². The maximum absolute atomic E-state index is 9.32. The van der Waals surface area contributed by atoms with E-state index in [1.165, 1.54) is 0 Å². The molecule has 0 rings (SSSR count). The molecule has 0 unspecified atom stereocenters. The van der Waals surface area contributed by atoms with Gasteiger partial charge in [0.2, 0.25) is 0 Å². The molecule has 39 heteroatoms. The van der Waals surface area contributed by atoms with Crippen molar-refractivity contribution in [2.24, 2.45) is 0 Å². The van der Waals surface area contributed by atoms with Gasteiger partial charge < -0.3 is 99.0 Å². The Hall–Kier alpha value is 12.8. The Morgan fingerprint density at radius 2 is 0.282 bits per heavy atom. The van der Waals surface area contributed by atoms with E-state index in [-0.39, 0.29) is 355 Å². The zero-order valence-electron chi connectivity index (χ0n) is 23.3. The second-order valence-electron chi connectivity index (χ2n) is 2.93. The predicted octanol–water partition coefficient (Wildman–Crippen LogP) is -46.0. The van der Waals surface area contributed by atoms with E-state index in [4.69, 9.17) is 0 Å². The summed E-state index contributed by atoms with van der Waals surface area (Å²) in [4.78, 5) is 112. The first-order valence-corrected chi connectivity index (χ1v) is 13.1. The van der Waals surface area contributed by atoms with Crippen LogP contribution in [0.1, 0.15) is 0 Å². The number of phosphoric acid groups is 6. The Morgan fingerprint density at radius 3 is 0.282 bits per heavy atom. The van der Waals surface area contributed by atoms with E-state index in [1.54, 1.807) is 0 Å². The second kappa shape index (κ2) is 46.9. The molecule has 0 atom stereocenters. The second-order valence-corrected chi connectivity index (χ2v) is 10.3. The van der Waals surface area contributed by atoms with Crippen molar-refractivity contribution in [3.8, 4) is 0 Å². The van der Waals surface area contributed by atoms with Gasteiger partial charge in [0.1, 0.15) is 0 Å². The van der Waals surface area contributed by atoms with Crippen LogP contribution in [0.4, 0.5) is 0 Å². The Balaban J connectivity index is -0.0000000148. The van der Waals surface area contributed by atoms with Gasteiger partial charge in [0, 0.05) is 0 Å². The molecule has 21 nitrogen and oxygen atoms in total. The molecule has 0 radical (unpaired) electrons. The molecule has 0 spiro atoms. The Labute approximate surface area is 488 Å². The van der Waals surface area contributed by atoms with Crippen LogP contribution in [0, 0.1) is 0 Å². The molecular formula is Na12O21P6. The van der Waals surface area contributed by atoms with Crippen LogP contribution in [-0.2, 0) is 40.3 Å². The summed E-state index contributed by atoms with van der Waals surface area (Å²) in [5.41, 5.74) is 0. The van der Waals surface area contributed by atoms with Crippen molar-refractivity contribution in [2.75, 3.05) is 0 Å². The van der Waals surface area contributed by atoms with Crippen LogP contribution >= 0.6 is 46.9 Å². The third kappa shape index (κ3) is 128. The smallest absolute Gasteiger partial charge is 0.790 e. The summed E-state index contributed by atoms with van der Waals surface area (Å²) in [6.45, 7) is 0. The van der Waals surface area contributed by atoms with Crippen molar-refractivity contribution in [3.05, 3.63) is 0 Å². The topological polar surface area (TPSA) is 407 Å². The maximum Gasteiger partial charge on any atom is 1.00 e. The summed E-state index contributed by atoms with van der Waals surface area (Å²) in [6, 6.07) is 0. The molecule has 39 heavy (non-hydrogen) atoms. The van der Waals surface area contributed by atoms with Crippen molar-refractivity contribution in [2.45, 2.75) is 0 Å². The zero-order valence-corrected chi connectivity index (χ0v) is 52.6. The molecule has 0 amide bonds. The molecule has 0 aromatic rings. The first-order chi connectivity index (χ1) is 11.1. The standard InChI is InChI=1S/12Na.3H4O7P2/c;;;;;;;;;;;;3*1-8(2,3)7-9(4,5)6/h;;;;;;;;;;;;3*(H2,1,2,3)(H2,4,5,6)/q12*+1;;;/p-12. The Kier molecular flexibility index (Phi) is 119. The minimum absolute atomic E-state index is 0. The maximum atomic E-state index is 9.32. The quantitative estimate of drug-likeness (QED) is 0.178. The Morgan fingerprint density at radius 1 is 0.231 bits per heavy atom. The van der Waals surface area contributed by atoms with Crippen LogP contribution < -0.4 is 413 Å². The van der Waals surface area contributed by atoms with E-state index in [2.05, 4.69) is 12.9 Å². The first kappa shape index (κ1) is 98.7. The molecule has 0 saturated carbocycles. The van der Waals surface area contributed by atoms with Gasteiger partial charge in [-0.05, 0) is 0 Å². The third-order valence-electron chi connectivity index (χ3n) is 0.600. The molecular weight excluding hydrogens is 798 g/mol. The third-order valence-corrected chi connectivity index (χ3v) is 5.40. The van der Waals surface area contributed by atoms with Crippen molar-refractivity contribution < 1.29 is 454 Å². The van der Waals surface area contributed by atoms with Crippen LogP contribution in [0.25, 0.3) is 0 Å². The van der Waals surface area contributed by atoms with Gasteiger partial charge in [-0.1, -0.05) is 0 Å². The summed E-state index contributed by atoms with van der Waals surface area (Å²) in [7, 11) is -34.1. The monoisotopic (exact) mass is 798 g/mol. The fourth-order valence-electron chi connectivity index (χ4n) is 0.367. The summed E-state index contributed by atoms with van der Waals surface area (Å²) < 4.78 is 63.5. The number of hydrogen-bond donors (Lipinski definition) is 0. The number of hydrogen-bond acceptors (Lipinski definition) is 21. The Bertz CT molecular complexity index is 577. The van der Waals surface area contributed by atoms with Gasteiger partial charge in [0.15, 0.2) is 0 Å². The molecule has 0 aliphatic heterocycles. The van der Waals surface area contributed by atoms with Gasteiger partial charge >= 0.3 is 355 Å². The van der Waals surface area contributed by atoms with E-state index < -0.39 is 46.9 Å². The molecule has 168 valence electrons. The molecule has 0 heterocycles. The summed E-state index contributed by atoms with van der Waals surface area (Å²) >= 11 is 0. The van der Waals surface area contributed by atoms with Crippen LogP contribution in [0.5, 0.6) is 0 Å². The molecule has 0 fully saturated rings. The fraction of sp³-hybridized carbons (Fsp3) is 0. The van der Waals surface area contributed by atoms with Crippen molar-refractivity contribution >= 4 is 46.9 Å². The molecule has 0 N–H and O–H groups in total. The largest absolute Gasteiger partial charge is 1.00 e. The van der Waals surface area contributed by atoms with Gasteiger partial charge in [-0.2, -0.15) is 0 Å². The SMILES string of the molecule is O=P([O-])([O-])OP(=O)([O-])[O-].O=P([O-])([O-])OP(=O)([O-])[O-].O=P([O-])([O-])OP(=O)([O-])[O-].[Na+].[Na+].[Na+].[Na+].[Na+].[Na+].[Na+].[Na+].[Na+].[Na+].[Na+].[Na+]. The molecule has 0 bridgehead atoms. The van der Waals surface area contributed by atoms with Crippen molar-refractivity contribution in [1.82, 2.24) is 0 Å².